The van der Waals surface area contributed by atoms with Crippen molar-refractivity contribution in [2.75, 3.05) is 0 Å². The Morgan fingerprint density at radius 1 is 0.545 bits per heavy atom. The summed E-state index contributed by atoms with van der Waals surface area (Å²) in [5.41, 5.74) is 0. The van der Waals surface area contributed by atoms with Crippen LogP contribution >= 0.6 is 15.9 Å². The molecule has 0 N–H and O–H groups in total. The van der Waals surface area contributed by atoms with E-state index in [2.05, 4.69) is 0 Å². The lowest BCUT2D eigenvalue weighted by atomic mass is 9.94. The predicted octanol–water partition coefficient (Wildman–Crippen LogP) is 5.63. The van der Waals surface area contributed by atoms with Crippen LogP contribution in [0.5, 0.6) is 0 Å². The van der Waals surface area contributed by atoms with Crippen molar-refractivity contribution >= 4 is 15.9 Å². The highest BCUT2D eigenvalue weighted by Crippen LogP contribution is 2.61. The first-order valence-electron chi connectivity index (χ1n) is 4.50. The Balaban J connectivity index is 6.29. The average Bonchev–Trinajstić information content (AvgIpc) is 2.25. The number of halogens is 14. The van der Waals surface area contributed by atoms with Gasteiger partial charge >= 0.3 is 35.8 Å². The summed E-state index contributed by atoms with van der Waals surface area (Å²) in [6.07, 6.45) is -7.41. The summed E-state index contributed by atoms with van der Waals surface area (Å²) in [6, 6.07) is 0. The smallest absolute Gasteiger partial charge is 0.193 e. The number of hydrogen-bond acceptors (Lipinski definition) is 0. The van der Waals surface area contributed by atoms with Crippen molar-refractivity contribution < 1.29 is 57.1 Å². The van der Waals surface area contributed by atoms with Gasteiger partial charge in [-0.05, 0) is 15.9 Å². The fourth-order valence-electron chi connectivity index (χ4n) is 0.940. The first-order chi connectivity index (χ1) is 9.19. The number of rotatable bonds is 5. The van der Waals surface area contributed by atoms with E-state index in [1.165, 1.54) is 15.9 Å². The second kappa shape index (κ2) is 5.16. The van der Waals surface area contributed by atoms with E-state index >= 15 is 0 Å². The molecule has 0 heterocycles. The average molecular weight is 425 g/mol. The molecule has 0 atom stereocenters. The Morgan fingerprint density at radius 2 is 0.818 bits per heavy atom. The third-order valence-corrected chi connectivity index (χ3v) is 2.77. The zero-order valence-corrected chi connectivity index (χ0v) is 11.1. The fraction of sp³-hybridized carbons (Fsp3) is 0.750. The highest BCUT2D eigenvalue weighted by Gasteiger charge is 2.90. The van der Waals surface area contributed by atoms with Gasteiger partial charge in [-0.2, -0.15) is 57.1 Å². The molecular weight excluding hydrogens is 423 g/mol. The maximum Gasteiger partial charge on any atom is 0.460 e. The van der Waals surface area contributed by atoms with Crippen LogP contribution in [-0.4, -0.2) is 35.8 Å². The van der Waals surface area contributed by atoms with Gasteiger partial charge in [-0.1, -0.05) is 6.58 Å². The van der Waals surface area contributed by atoms with Crippen LogP contribution in [0.3, 0.4) is 0 Å². The van der Waals surface area contributed by atoms with E-state index in [0.717, 1.165) is 0 Å². The molecule has 0 fully saturated rings. The summed E-state index contributed by atoms with van der Waals surface area (Å²) < 4.78 is 160. The maximum atomic E-state index is 12.9. The molecule has 0 unspecified atom stereocenters. The lowest BCUT2D eigenvalue weighted by molar-refractivity contribution is -0.436. The molecule has 0 bridgehead atoms. The minimum atomic E-state index is -7.88. The molecule has 22 heavy (non-hydrogen) atoms. The van der Waals surface area contributed by atoms with Gasteiger partial charge in [0.05, 0.1) is 4.48 Å². The molecular formula is C8H2BrF13. The van der Waals surface area contributed by atoms with Crippen LogP contribution in [-0.2, 0) is 0 Å². The standard InChI is InChI=1S/C8H2BrF13/c1-2(9)3(10,11)4(12,13)5(14,15)6(16,17)7(18,19)8(20,21)22/h1H2. The Kier molecular flexibility index (Phi) is 5.00. The Labute approximate surface area is 121 Å². The minimum absolute atomic E-state index is 1.47. The lowest BCUT2D eigenvalue weighted by Crippen LogP contribution is -2.70. The van der Waals surface area contributed by atoms with Crippen LogP contribution in [0.1, 0.15) is 0 Å². The summed E-state index contributed by atoms with van der Waals surface area (Å²) in [7, 11) is 0. The van der Waals surface area contributed by atoms with Gasteiger partial charge in [-0.25, -0.2) is 0 Å². The SMILES string of the molecule is C=C(Br)C(F)(F)C(F)(F)C(F)(F)C(F)(F)C(F)(F)C(F)(F)F. The second-order valence-electron chi connectivity index (χ2n) is 3.77. The van der Waals surface area contributed by atoms with E-state index in [9.17, 15) is 57.1 Å². The summed E-state index contributed by atoms with van der Waals surface area (Å²) in [5, 5.41) is 0. The van der Waals surface area contributed by atoms with Gasteiger partial charge in [0.25, 0.3) is 0 Å². The predicted molar refractivity (Wildman–Crippen MR) is 48.9 cm³/mol. The number of hydrogen-bond donors (Lipinski definition) is 0. The van der Waals surface area contributed by atoms with Crippen LogP contribution in [0.15, 0.2) is 11.1 Å². The molecule has 0 aromatic rings. The van der Waals surface area contributed by atoms with Crippen LogP contribution in [0.2, 0.25) is 0 Å². The normalized spacial score (nSPS) is 15.9. The molecule has 0 rings (SSSR count). The highest BCUT2D eigenvalue weighted by atomic mass is 79.9. The molecule has 0 nitrogen and oxygen atoms in total. The van der Waals surface area contributed by atoms with Crippen molar-refractivity contribution in [1.82, 2.24) is 0 Å². The van der Waals surface area contributed by atoms with E-state index in [4.69, 9.17) is 0 Å². The van der Waals surface area contributed by atoms with Gasteiger partial charge in [-0.15, -0.1) is 0 Å². The first kappa shape index (κ1) is 21.3. The Morgan fingerprint density at radius 3 is 1.05 bits per heavy atom. The molecule has 0 amide bonds. The number of allylic oxidation sites excluding steroid dienone is 1. The zero-order valence-electron chi connectivity index (χ0n) is 9.50. The van der Waals surface area contributed by atoms with Gasteiger partial charge in [0.2, 0.25) is 0 Å². The van der Waals surface area contributed by atoms with Gasteiger partial charge in [0.1, 0.15) is 0 Å². The van der Waals surface area contributed by atoms with Crippen molar-refractivity contribution in [1.29, 1.82) is 0 Å². The molecule has 0 spiro atoms. The van der Waals surface area contributed by atoms with E-state index in [0.29, 0.717) is 0 Å². The summed E-state index contributed by atoms with van der Waals surface area (Å²) in [4.78, 5) is 0. The van der Waals surface area contributed by atoms with Gasteiger partial charge in [0.15, 0.2) is 0 Å². The van der Waals surface area contributed by atoms with E-state index < -0.39 is 40.3 Å². The Bertz CT molecular complexity index is 445. The number of alkyl halides is 13. The topological polar surface area (TPSA) is 0 Å². The van der Waals surface area contributed by atoms with Crippen molar-refractivity contribution in [3.8, 4) is 0 Å². The molecule has 0 aliphatic rings. The summed E-state index contributed by atoms with van der Waals surface area (Å²) in [5.74, 6) is -37.0. The summed E-state index contributed by atoms with van der Waals surface area (Å²) in [6.45, 7) is 2.00. The van der Waals surface area contributed by atoms with Crippen molar-refractivity contribution in [2.24, 2.45) is 0 Å². The van der Waals surface area contributed by atoms with Crippen LogP contribution in [0, 0.1) is 0 Å². The largest absolute Gasteiger partial charge is 0.460 e. The maximum absolute atomic E-state index is 12.9. The van der Waals surface area contributed by atoms with Crippen molar-refractivity contribution in [2.45, 2.75) is 35.8 Å². The monoisotopic (exact) mass is 424 g/mol. The van der Waals surface area contributed by atoms with E-state index in [1.54, 1.807) is 0 Å². The Hall–Kier alpha value is -0.690. The zero-order chi connectivity index (χ0) is 18.6. The molecule has 0 saturated carbocycles. The van der Waals surface area contributed by atoms with Crippen LogP contribution in [0.25, 0.3) is 0 Å². The van der Waals surface area contributed by atoms with Crippen LogP contribution in [0.4, 0.5) is 57.1 Å². The quantitative estimate of drug-likeness (QED) is 0.501. The minimum Gasteiger partial charge on any atom is -0.193 e. The second-order valence-corrected chi connectivity index (χ2v) is 4.73. The molecule has 0 aliphatic carbocycles. The third-order valence-electron chi connectivity index (χ3n) is 2.27. The molecule has 0 aromatic carbocycles. The molecule has 132 valence electrons. The third kappa shape index (κ3) is 2.56. The van der Waals surface area contributed by atoms with Gasteiger partial charge in [0, 0.05) is 0 Å². The molecule has 0 aromatic heterocycles. The summed E-state index contributed by atoms with van der Waals surface area (Å²) >= 11 is 1.47. The van der Waals surface area contributed by atoms with Gasteiger partial charge < -0.3 is 0 Å². The molecule has 14 heteroatoms. The van der Waals surface area contributed by atoms with E-state index in [1.807, 2.05) is 6.58 Å². The van der Waals surface area contributed by atoms with Crippen molar-refractivity contribution in [3.05, 3.63) is 11.1 Å². The van der Waals surface area contributed by atoms with Crippen LogP contribution < -0.4 is 0 Å². The highest BCUT2D eigenvalue weighted by molar-refractivity contribution is 9.11. The molecule has 0 radical (unpaired) electrons. The van der Waals surface area contributed by atoms with Gasteiger partial charge in [-0.3, -0.25) is 0 Å². The fourth-order valence-corrected chi connectivity index (χ4v) is 1.19. The molecule has 0 aliphatic heterocycles. The molecule has 0 saturated heterocycles. The van der Waals surface area contributed by atoms with Crippen molar-refractivity contribution in [3.63, 3.8) is 0 Å². The van der Waals surface area contributed by atoms with E-state index in [-0.39, 0.29) is 0 Å². The first-order valence-corrected chi connectivity index (χ1v) is 5.29. The lowest BCUT2D eigenvalue weighted by Gasteiger charge is -2.39.